The summed E-state index contributed by atoms with van der Waals surface area (Å²) >= 11 is 0. The van der Waals surface area contributed by atoms with Crippen molar-refractivity contribution in [3.05, 3.63) is 0 Å². The fourth-order valence-corrected chi connectivity index (χ4v) is 0.863. The zero-order valence-electron chi connectivity index (χ0n) is 7.97. The van der Waals surface area contributed by atoms with E-state index >= 15 is 0 Å². The lowest BCUT2D eigenvalue weighted by atomic mass is 9.98. The first-order valence-corrected chi connectivity index (χ1v) is 3.75. The Morgan fingerprint density at radius 2 is 2.00 bits per heavy atom. The van der Waals surface area contributed by atoms with E-state index in [-0.39, 0.29) is 5.97 Å². The molecule has 3 heteroatoms. The lowest BCUT2D eigenvalue weighted by Gasteiger charge is -2.32. The van der Waals surface area contributed by atoms with E-state index in [1.807, 2.05) is 32.8 Å². The highest BCUT2D eigenvalue weighted by atomic mass is 16.5. The molecule has 11 heavy (non-hydrogen) atoms. The fourth-order valence-electron chi connectivity index (χ4n) is 0.863. The molecule has 0 aromatic carbocycles. The highest BCUT2D eigenvalue weighted by Gasteiger charge is 2.34. The molecule has 0 aliphatic carbocycles. The number of hydrogen-bond donors (Lipinski definition) is 0. The average Bonchev–Trinajstić information content (AvgIpc) is 2.01. The summed E-state index contributed by atoms with van der Waals surface area (Å²) in [7, 11) is 5.17. The van der Waals surface area contributed by atoms with Crippen molar-refractivity contribution < 1.29 is 9.53 Å². The molecule has 0 N–H and O–H groups in total. The number of nitrogens with zero attached hydrogens (tertiary/aromatic N) is 1. The molecule has 0 spiro atoms. The van der Waals surface area contributed by atoms with Gasteiger partial charge in [-0.2, -0.15) is 0 Å². The Labute approximate surface area is 68.3 Å². The second-order valence-corrected chi connectivity index (χ2v) is 3.01. The molecule has 0 rings (SSSR count). The Balaban J connectivity index is 4.45. The van der Waals surface area contributed by atoms with Gasteiger partial charge < -0.3 is 4.74 Å². The minimum atomic E-state index is -0.477. The SMILES string of the molecule is CC[C@@](C)(C(=O)OC)N(C)C. The Morgan fingerprint density at radius 1 is 1.55 bits per heavy atom. The van der Waals surface area contributed by atoms with Crippen LogP contribution in [0.4, 0.5) is 0 Å². The summed E-state index contributed by atoms with van der Waals surface area (Å²) in [5.41, 5.74) is -0.477. The van der Waals surface area contributed by atoms with Crippen LogP contribution in [0.1, 0.15) is 20.3 Å². The lowest BCUT2D eigenvalue weighted by molar-refractivity contribution is -0.152. The molecule has 0 aliphatic heterocycles. The third kappa shape index (κ3) is 1.93. The van der Waals surface area contributed by atoms with E-state index in [1.54, 1.807) is 0 Å². The summed E-state index contributed by atoms with van der Waals surface area (Å²) in [6.07, 6.45) is 0.757. The van der Waals surface area contributed by atoms with Crippen LogP contribution < -0.4 is 0 Å². The number of rotatable bonds is 3. The summed E-state index contributed by atoms with van der Waals surface area (Å²) in [6.45, 7) is 3.84. The number of carbonyl (C=O) groups is 1. The van der Waals surface area contributed by atoms with Gasteiger partial charge in [-0.1, -0.05) is 6.92 Å². The number of ether oxygens (including phenoxy) is 1. The lowest BCUT2D eigenvalue weighted by Crippen LogP contribution is -2.48. The molecule has 0 aromatic heterocycles. The summed E-state index contributed by atoms with van der Waals surface area (Å²) in [6, 6.07) is 0. The summed E-state index contributed by atoms with van der Waals surface area (Å²) < 4.78 is 4.69. The van der Waals surface area contributed by atoms with Crippen LogP contribution in [0.5, 0.6) is 0 Å². The van der Waals surface area contributed by atoms with Gasteiger partial charge in [-0.25, -0.2) is 0 Å². The van der Waals surface area contributed by atoms with Gasteiger partial charge in [0.25, 0.3) is 0 Å². The predicted molar refractivity (Wildman–Crippen MR) is 44.4 cm³/mol. The summed E-state index contributed by atoms with van der Waals surface area (Å²) in [4.78, 5) is 13.1. The minimum Gasteiger partial charge on any atom is -0.468 e. The fraction of sp³-hybridized carbons (Fsp3) is 0.875. The Bertz CT molecular complexity index is 145. The van der Waals surface area contributed by atoms with E-state index in [4.69, 9.17) is 0 Å². The van der Waals surface area contributed by atoms with E-state index in [0.29, 0.717) is 0 Å². The monoisotopic (exact) mass is 159 g/mol. The first-order valence-electron chi connectivity index (χ1n) is 3.75. The normalized spacial score (nSPS) is 16.2. The van der Waals surface area contributed by atoms with Crippen molar-refractivity contribution in [1.82, 2.24) is 4.90 Å². The molecular weight excluding hydrogens is 142 g/mol. The van der Waals surface area contributed by atoms with E-state index in [0.717, 1.165) is 6.42 Å². The molecule has 0 fully saturated rings. The van der Waals surface area contributed by atoms with Crippen LogP contribution >= 0.6 is 0 Å². The van der Waals surface area contributed by atoms with Crippen molar-refractivity contribution in [3.8, 4) is 0 Å². The van der Waals surface area contributed by atoms with Crippen LogP contribution in [-0.2, 0) is 9.53 Å². The van der Waals surface area contributed by atoms with Crippen LogP contribution in [0.15, 0.2) is 0 Å². The topological polar surface area (TPSA) is 29.5 Å². The Morgan fingerprint density at radius 3 is 2.09 bits per heavy atom. The third-order valence-corrected chi connectivity index (χ3v) is 2.30. The minimum absolute atomic E-state index is 0.176. The van der Waals surface area contributed by atoms with Crippen LogP contribution in [0, 0.1) is 0 Å². The molecule has 0 aromatic rings. The molecule has 0 heterocycles. The van der Waals surface area contributed by atoms with Crippen LogP contribution in [0.3, 0.4) is 0 Å². The number of likely N-dealkylation sites (N-methyl/N-ethyl adjacent to an activating group) is 1. The first kappa shape index (κ1) is 10.4. The first-order chi connectivity index (χ1) is 4.99. The van der Waals surface area contributed by atoms with Crippen molar-refractivity contribution in [2.45, 2.75) is 25.8 Å². The zero-order valence-corrected chi connectivity index (χ0v) is 7.97. The second kappa shape index (κ2) is 3.72. The smallest absolute Gasteiger partial charge is 0.325 e. The van der Waals surface area contributed by atoms with Crippen LogP contribution in [-0.4, -0.2) is 37.6 Å². The molecule has 0 aliphatic rings. The highest BCUT2D eigenvalue weighted by molar-refractivity contribution is 5.80. The van der Waals surface area contributed by atoms with Gasteiger partial charge in [-0.05, 0) is 27.4 Å². The molecular formula is C8H17NO2. The van der Waals surface area contributed by atoms with Gasteiger partial charge in [0.1, 0.15) is 5.54 Å². The molecule has 0 saturated carbocycles. The van der Waals surface area contributed by atoms with Gasteiger partial charge in [-0.3, -0.25) is 9.69 Å². The average molecular weight is 159 g/mol. The Kier molecular flexibility index (Phi) is 3.52. The molecule has 66 valence electrons. The molecule has 0 saturated heterocycles. The maximum Gasteiger partial charge on any atom is 0.325 e. The summed E-state index contributed by atoms with van der Waals surface area (Å²) in [5.74, 6) is -0.176. The van der Waals surface area contributed by atoms with Crippen molar-refractivity contribution in [2.75, 3.05) is 21.2 Å². The molecule has 0 amide bonds. The maximum absolute atomic E-state index is 11.2. The van der Waals surface area contributed by atoms with E-state index in [9.17, 15) is 4.79 Å². The maximum atomic E-state index is 11.2. The van der Waals surface area contributed by atoms with Crippen LogP contribution in [0.2, 0.25) is 0 Å². The third-order valence-electron chi connectivity index (χ3n) is 2.30. The second-order valence-electron chi connectivity index (χ2n) is 3.01. The summed E-state index contributed by atoms with van der Waals surface area (Å²) in [5, 5.41) is 0. The zero-order chi connectivity index (χ0) is 9.07. The molecule has 3 nitrogen and oxygen atoms in total. The van der Waals surface area contributed by atoms with Crippen LogP contribution in [0.25, 0.3) is 0 Å². The van der Waals surface area contributed by atoms with Crippen molar-refractivity contribution in [3.63, 3.8) is 0 Å². The number of esters is 1. The molecule has 0 radical (unpaired) electrons. The van der Waals surface area contributed by atoms with Crippen molar-refractivity contribution >= 4 is 5.97 Å². The van der Waals surface area contributed by atoms with E-state index in [2.05, 4.69) is 4.74 Å². The van der Waals surface area contributed by atoms with E-state index in [1.165, 1.54) is 7.11 Å². The predicted octanol–water partition coefficient (Wildman–Crippen LogP) is 0.890. The molecule has 0 unspecified atom stereocenters. The van der Waals surface area contributed by atoms with Gasteiger partial charge in [0.2, 0.25) is 0 Å². The number of hydrogen-bond acceptors (Lipinski definition) is 3. The van der Waals surface area contributed by atoms with Gasteiger partial charge in [-0.15, -0.1) is 0 Å². The molecule has 1 atom stereocenters. The van der Waals surface area contributed by atoms with Gasteiger partial charge >= 0.3 is 5.97 Å². The quantitative estimate of drug-likeness (QED) is 0.573. The molecule has 0 bridgehead atoms. The standard InChI is InChI=1S/C8H17NO2/c1-6-8(2,9(3)4)7(10)11-5/h6H2,1-5H3/t8-/m0/s1. The number of methoxy groups -OCH3 is 1. The van der Waals surface area contributed by atoms with Gasteiger partial charge in [0.15, 0.2) is 0 Å². The van der Waals surface area contributed by atoms with Gasteiger partial charge in [0.05, 0.1) is 7.11 Å². The van der Waals surface area contributed by atoms with Crippen molar-refractivity contribution in [2.24, 2.45) is 0 Å². The Hall–Kier alpha value is -0.570. The number of carbonyl (C=O) groups excluding carboxylic acids is 1. The highest BCUT2D eigenvalue weighted by Crippen LogP contribution is 2.17. The van der Waals surface area contributed by atoms with E-state index < -0.39 is 5.54 Å². The van der Waals surface area contributed by atoms with Gasteiger partial charge in [0, 0.05) is 0 Å². The largest absolute Gasteiger partial charge is 0.468 e. The van der Waals surface area contributed by atoms with Crippen molar-refractivity contribution in [1.29, 1.82) is 0 Å².